The van der Waals surface area contributed by atoms with Gasteiger partial charge in [-0.25, -0.2) is 0 Å². The summed E-state index contributed by atoms with van der Waals surface area (Å²) in [6, 6.07) is 5.57. The standard InChI is InChI=1S/C17H23ClO2/c1-16(2)6-3-7-17(9-8-16)11-14(19)13-10-12(18)4-5-15(13)20-17/h4-5,10,14,19H,3,6-9,11H2,1-2H3. The molecule has 1 aliphatic heterocycles. The van der Waals surface area contributed by atoms with Gasteiger partial charge in [0.1, 0.15) is 11.4 Å². The minimum absolute atomic E-state index is 0.186. The van der Waals surface area contributed by atoms with E-state index < -0.39 is 6.10 Å². The number of hydrogen-bond acceptors (Lipinski definition) is 2. The Morgan fingerprint density at radius 1 is 1.20 bits per heavy atom. The molecule has 0 amide bonds. The Kier molecular flexibility index (Phi) is 3.50. The fraction of sp³-hybridized carbons (Fsp3) is 0.647. The molecule has 0 bridgehead atoms. The van der Waals surface area contributed by atoms with Crippen molar-refractivity contribution in [1.82, 2.24) is 0 Å². The van der Waals surface area contributed by atoms with E-state index in [9.17, 15) is 5.11 Å². The highest BCUT2D eigenvalue weighted by atomic mass is 35.5. The third-order valence-electron chi connectivity index (χ3n) is 4.97. The Bertz CT molecular complexity index is 512. The van der Waals surface area contributed by atoms with Crippen LogP contribution < -0.4 is 4.74 Å². The summed E-state index contributed by atoms with van der Waals surface area (Å²) in [4.78, 5) is 0. The fourth-order valence-corrected chi connectivity index (χ4v) is 3.80. The maximum atomic E-state index is 10.5. The summed E-state index contributed by atoms with van der Waals surface area (Å²) >= 11 is 6.02. The number of aliphatic hydroxyl groups is 1. The van der Waals surface area contributed by atoms with Crippen LogP contribution >= 0.6 is 11.6 Å². The Balaban J connectivity index is 1.88. The van der Waals surface area contributed by atoms with Gasteiger partial charge in [-0.2, -0.15) is 0 Å². The fourth-order valence-electron chi connectivity index (χ4n) is 3.62. The lowest BCUT2D eigenvalue weighted by molar-refractivity contribution is -0.0259. The van der Waals surface area contributed by atoms with Crippen LogP contribution in [0.3, 0.4) is 0 Å². The van der Waals surface area contributed by atoms with Crippen molar-refractivity contribution in [3.63, 3.8) is 0 Å². The monoisotopic (exact) mass is 294 g/mol. The molecule has 1 spiro atoms. The summed E-state index contributed by atoms with van der Waals surface area (Å²) in [5, 5.41) is 11.1. The average molecular weight is 295 g/mol. The van der Waals surface area contributed by atoms with Crippen molar-refractivity contribution in [3.05, 3.63) is 28.8 Å². The number of fused-ring (bicyclic) bond motifs is 1. The van der Waals surface area contributed by atoms with Gasteiger partial charge in [0.05, 0.1) is 6.10 Å². The molecule has 1 saturated carbocycles. The highest BCUT2D eigenvalue weighted by Gasteiger charge is 2.42. The molecule has 1 aromatic carbocycles. The molecule has 20 heavy (non-hydrogen) atoms. The number of halogens is 1. The molecule has 0 radical (unpaired) electrons. The average Bonchev–Trinajstić information content (AvgIpc) is 2.51. The highest BCUT2D eigenvalue weighted by Crippen LogP contribution is 2.48. The second kappa shape index (κ2) is 4.92. The number of hydrogen-bond donors (Lipinski definition) is 1. The van der Waals surface area contributed by atoms with Crippen molar-refractivity contribution in [2.24, 2.45) is 5.41 Å². The van der Waals surface area contributed by atoms with Crippen molar-refractivity contribution in [3.8, 4) is 5.75 Å². The Morgan fingerprint density at radius 2 is 2.00 bits per heavy atom. The summed E-state index contributed by atoms with van der Waals surface area (Å²) in [5.41, 5.74) is 1.04. The van der Waals surface area contributed by atoms with Crippen LogP contribution in [0.5, 0.6) is 5.75 Å². The Hall–Kier alpha value is -0.730. The lowest BCUT2D eigenvalue weighted by atomic mass is 9.81. The van der Waals surface area contributed by atoms with Crippen molar-refractivity contribution in [2.45, 2.75) is 64.1 Å². The largest absolute Gasteiger partial charge is 0.487 e. The quantitative estimate of drug-likeness (QED) is 0.738. The molecule has 1 fully saturated rings. The number of ether oxygens (including phenoxy) is 1. The van der Waals surface area contributed by atoms with Gasteiger partial charge in [-0.15, -0.1) is 0 Å². The summed E-state index contributed by atoms with van der Waals surface area (Å²) in [6.07, 6.45) is 5.86. The molecule has 1 heterocycles. The van der Waals surface area contributed by atoms with E-state index in [-0.39, 0.29) is 5.60 Å². The van der Waals surface area contributed by atoms with E-state index in [2.05, 4.69) is 13.8 Å². The Morgan fingerprint density at radius 3 is 2.80 bits per heavy atom. The zero-order valence-electron chi connectivity index (χ0n) is 12.3. The van der Waals surface area contributed by atoms with Gasteiger partial charge >= 0.3 is 0 Å². The van der Waals surface area contributed by atoms with Crippen LogP contribution in [0.1, 0.15) is 64.0 Å². The third kappa shape index (κ3) is 2.68. The van der Waals surface area contributed by atoms with Gasteiger partial charge in [-0.1, -0.05) is 25.4 Å². The molecule has 1 aromatic rings. The predicted octanol–water partition coefficient (Wildman–Crippen LogP) is 4.89. The van der Waals surface area contributed by atoms with Gasteiger partial charge in [0.2, 0.25) is 0 Å². The van der Waals surface area contributed by atoms with E-state index in [4.69, 9.17) is 16.3 Å². The van der Waals surface area contributed by atoms with Crippen molar-refractivity contribution < 1.29 is 9.84 Å². The highest BCUT2D eigenvalue weighted by molar-refractivity contribution is 6.30. The van der Waals surface area contributed by atoms with Crippen LogP contribution in [0, 0.1) is 5.41 Å². The van der Waals surface area contributed by atoms with E-state index in [0.29, 0.717) is 16.9 Å². The SMILES string of the molecule is CC1(C)CCCC2(CC1)CC(O)c1cc(Cl)ccc1O2. The summed E-state index contributed by atoms with van der Waals surface area (Å²) < 4.78 is 6.34. The zero-order valence-corrected chi connectivity index (χ0v) is 13.0. The Labute approximate surface area is 126 Å². The van der Waals surface area contributed by atoms with E-state index in [1.807, 2.05) is 18.2 Å². The van der Waals surface area contributed by atoms with Gasteiger partial charge in [0, 0.05) is 17.0 Å². The van der Waals surface area contributed by atoms with Crippen LogP contribution in [0.15, 0.2) is 18.2 Å². The second-order valence-electron chi connectivity index (χ2n) is 7.20. The first-order chi connectivity index (χ1) is 9.39. The van der Waals surface area contributed by atoms with Gasteiger partial charge in [0.25, 0.3) is 0 Å². The summed E-state index contributed by atoms with van der Waals surface area (Å²) in [5.74, 6) is 0.813. The van der Waals surface area contributed by atoms with Crippen molar-refractivity contribution in [2.75, 3.05) is 0 Å². The third-order valence-corrected chi connectivity index (χ3v) is 5.20. The first kappa shape index (κ1) is 14.2. The minimum Gasteiger partial charge on any atom is -0.487 e. The summed E-state index contributed by atoms with van der Waals surface area (Å²) in [7, 11) is 0. The number of benzene rings is 1. The van der Waals surface area contributed by atoms with Crippen molar-refractivity contribution >= 4 is 11.6 Å². The molecular formula is C17H23ClO2. The van der Waals surface area contributed by atoms with Crippen molar-refractivity contribution in [1.29, 1.82) is 0 Å². The molecule has 0 saturated heterocycles. The smallest absolute Gasteiger partial charge is 0.126 e. The van der Waals surface area contributed by atoms with Gasteiger partial charge in [-0.05, 0) is 55.7 Å². The van der Waals surface area contributed by atoms with E-state index >= 15 is 0 Å². The predicted molar refractivity (Wildman–Crippen MR) is 81.3 cm³/mol. The molecule has 1 aliphatic carbocycles. The second-order valence-corrected chi connectivity index (χ2v) is 7.64. The molecule has 2 aliphatic rings. The van der Waals surface area contributed by atoms with Crippen LogP contribution in [0.2, 0.25) is 5.02 Å². The summed E-state index contributed by atoms with van der Waals surface area (Å²) in [6.45, 7) is 4.66. The van der Waals surface area contributed by atoms with Gasteiger partial charge in [0.15, 0.2) is 0 Å². The topological polar surface area (TPSA) is 29.5 Å². The van der Waals surface area contributed by atoms with E-state index in [1.54, 1.807) is 0 Å². The molecule has 2 nitrogen and oxygen atoms in total. The van der Waals surface area contributed by atoms with Crippen LogP contribution in [0.25, 0.3) is 0 Å². The first-order valence-electron chi connectivity index (χ1n) is 7.56. The van der Waals surface area contributed by atoms with E-state index in [1.165, 1.54) is 12.8 Å². The minimum atomic E-state index is -0.460. The van der Waals surface area contributed by atoms with E-state index in [0.717, 1.165) is 30.6 Å². The number of rotatable bonds is 0. The van der Waals surface area contributed by atoms with Gasteiger partial charge < -0.3 is 9.84 Å². The van der Waals surface area contributed by atoms with Crippen LogP contribution in [-0.4, -0.2) is 10.7 Å². The maximum absolute atomic E-state index is 10.5. The normalized spacial score (nSPS) is 32.3. The molecular weight excluding hydrogens is 272 g/mol. The van der Waals surface area contributed by atoms with Crippen LogP contribution in [-0.2, 0) is 0 Å². The molecule has 2 unspecified atom stereocenters. The molecule has 2 atom stereocenters. The first-order valence-corrected chi connectivity index (χ1v) is 7.94. The van der Waals surface area contributed by atoms with Crippen LogP contribution in [0.4, 0.5) is 0 Å². The van der Waals surface area contributed by atoms with Gasteiger partial charge in [-0.3, -0.25) is 0 Å². The molecule has 0 aromatic heterocycles. The molecule has 1 N–H and O–H groups in total. The molecule has 3 rings (SSSR count). The lowest BCUT2D eigenvalue weighted by Crippen LogP contribution is -2.40. The number of aliphatic hydroxyl groups excluding tert-OH is 1. The molecule has 3 heteroatoms. The lowest BCUT2D eigenvalue weighted by Gasteiger charge is -2.41. The molecule has 110 valence electrons. The zero-order chi connectivity index (χ0) is 14.4. The maximum Gasteiger partial charge on any atom is 0.126 e.